The van der Waals surface area contributed by atoms with Crippen LogP contribution in [0, 0.1) is 0 Å². The number of hydrogen-bond acceptors (Lipinski definition) is 3. The highest BCUT2D eigenvalue weighted by Gasteiger charge is 2.16. The van der Waals surface area contributed by atoms with Crippen LogP contribution < -0.4 is 10.6 Å². The van der Waals surface area contributed by atoms with Gasteiger partial charge in [0, 0.05) is 18.8 Å². The van der Waals surface area contributed by atoms with Crippen LogP contribution in [0.4, 0.5) is 5.69 Å². The average molecular weight is 175 g/mol. The van der Waals surface area contributed by atoms with Crippen molar-refractivity contribution in [3.8, 4) is 0 Å². The summed E-state index contributed by atoms with van der Waals surface area (Å²) >= 11 is 0. The monoisotopic (exact) mass is 175 g/mol. The molecule has 0 aliphatic carbocycles. The van der Waals surface area contributed by atoms with Crippen molar-refractivity contribution in [3.05, 3.63) is 30.3 Å². The first kappa shape index (κ1) is 8.26. The quantitative estimate of drug-likeness (QED) is 0.724. The Hall–Kier alpha value is -1.35. The summed E-state index contributed by atoms with van der Waals surface area (Å²) in [7, 11) is 0. The molecule has 3 heteroatoms. The Morgan fingerprint density at radius 1 is 1.38 bits per heavy atom. The predicted octanol–water partition coefficient (Wildman–Crippen LogP) is 0.862. The van der Waals surface area contributed by atoms with Gasteiger partial charge in [0.25, 0.3) is 0 Å². The molecule has 1 aromatic rings. The fourth-order valence-corrected chi connectivity index (χ4v) is 1.42. The maximum atomic E-state index is 5.53. The lowest BCUT2D eigenvalue weighted by molar-refractivity contribution is 0.727. The van der Waals surface area contributed by atoms with E-state index in [4.69, 9.17) is 5.73 Å². The normalized spacial score (nSPS) is 21.0. The molecule has 68 valence electrons. The van der Waals surface area contributed by atoms with E-state index in [2.05, 4.69) is 22.0 Å². The van der Waals surface area contributed by atoms with E-state index >= 15 is 0 Å². The molecule has 0 saturated carbocycles. The first-order chi connectivity index (χ1) is 6.40. The molecule has 1 aromatic carbocycles. The molecular weight excluding hydrogens is 162 g/mol. The number of anilines is 1. The lowest BCUT2D eigenvalue weighted by Gasteiger charge is -2.15. The summed E-state index contributed by atoms with van der Waals surface area (Å²) in [6.07, 6.45) is 1.87. The first-order valence-corrected chi connectivity index (χ1v) is 4.45. The Balaban J connectivity index is 2.09. The van der Waals surface area contributed by atoms with Crippen molar-refractivity contribution in [3.63, 3.8) is 0 Å². The third kappa shape index (κ3) is 1.70. The summed E-state index contributed by atoms with van der Waals surface area (Å²) in [5, 5.41) is 0. The first-order valence-electron chi connectivity index (χ1n) is 4.45. The van der Waals surface area contributed by atoms with E-state index in [0.29, 0.717) is 6.54 Å². The van der Waals surface area contributed by atoms with Gasteiger partial charge in [0.2, 0.25) is 0 Å². The fraction of sp³-hybridized carbons (Fsp3) is 0.300. The van der Waals surface area contributed by atoms with Crippen LogP contribution in [0.15, 0.2) is 35.3 Å². The molecule has 1 heterocycles. The van der Waals surface area contributed by atoms with Crippen molar-refractivity contribution in [1.29, 1.82) is 0 Å². The van der Waals surface area contributed by atoms with Crippen LogP contribution in [0.25, 0.3) is 0 Å². The molecule has 0 fully saturated rings. The summed E-state index contributed by atoms with van der Waals surface area (Å²) < 4.78 is 0. The molecule has 2 rings (SSSR count). The highest BCUT2D eigenvalue weighted by Crippen LogP contribution is 2.15. The van der Waals surface area contributed by atoms with Gasteiger partial charge in [0.15, 0.2) is 0 Å². The molecule has 1 aliphatic heterocycles. The van der Waals surface area contributed by atoms with E-state index in [9.17, 15) is 0 Å². The maximum Gasteiger partial charge on any atom is 0.0899 e. The van der Waals surface area contributed by atoms with Gasteiger partial charge in [-0.05, 0) is 12.1 Å². The Bertz CT molecular complexity index is 294. The molecule has 1 aliphatic rings. The van der Waals surface area contributed by atoms with Gasteiger partial charge in [-0.2, -0.15) is 0 Å². The number of hydrogen-bond donors (Lipinski definition) is 1. The van der Waals surface area contributed by atoms with Crippen LogP contribution in [0.5, 0.6) is 0 Å². The largest absolute Gasteiger partial charge is 0.331 e. The number of nitrogens with two attached hydrogens (primary N) is 1. The molecular formula is C10H13N3. The molecule has 0 spiro atoms. The Morgan fingerprint density at radius 2 is 2.15 bits per heavy atom. The van der Waals surface area contributed by atoms with Crippen molar-refractivity contribution in [2.75, 3.05) is 18.0 Å². The van der Waals surface area contributed by atoms with Gasteiger partial charge in [-0.25, -0.2) is 0 Å². The second-order valence-electron chi connectivity index (χ2n) is 3.14. The van der Waals surface area contributed by atoms with Gasteiger partial charge in [-0.1, -0.05) is 18.2 Å². The maximum absolute atomic E-state index is 5.53. The van der Waals surface area contributed by atoms with Gasteiger partial charge < -0.3 is 10.6 Å². The smallest absolute Gasteiger partial charge is 0.0899 e. The van der Waals surface area contributed by atoms with Gasteiger partial charge in [0.1, 0.15) is 0 Å². The van der Waals surface area contributed by atoms with E-state index in [1.165, 1.54) is 5.69 Å². The average Bonchev–Trinajstić information content (AvgIpc) is 2.67. The van der Waals surface area contributed by atoms with Crippen LogP contribution in [-0.2, 0) is 0 Å². The van der Waals surface area contributed by atoms with Crippen LogP contribution in [0.1, 0.15) is 0 Å². The lowest BCUT2D eigenvalue weighted by Crippen LogP contribution is -2.27. The minimum Gasteiger partial charge on any atom is -0.331 e. The second-order valence-corrected chi connectivity index (χ2v) is 3.14. The zero-order valence-corrected chi connectivity index (χ0v) is 7.43. The Labute approximate surface area is 77.9 Å². The van der Waals surface area contributed by atoms with Crippen molar-refractivity contribution in [2.24, 2.45) is 10.7 Å². The number of nitrogens with zero attached hydrogens (tertiary/aromatic N) is 2. The Kier molecular flexibility index (Phi) is 2.27. The Morgan fingerprint density at radius 3 is 2.77 bits per heavy atom. The zero-order valence-electron chi connectivity index (χ0n) is 7.43. The third-order valence-corrected chi connectivity index (χ3v) is 2.18. The standard InChI is InChI=1S/C10H13N3/c11-6-9-7-13(8-12-9)10-4-2-1-3-5-10/h1-5,8-9H,6-7,11H2. The van der Waals surface area contributed by atoms with Gasteiger partial charge >= 0.3 is 0 Å². The molecule has 0 amide bonds. The van der Waals surface area contributed by atoms with E-state index < -0.39 is 0 Å². The van der Waals surface area contributed by atoms with Gasteiger partial charge in [-0.3, -0.25) is 4.99 Å². The van der Waals surface area contributed by atoms with E-state index in [1.54, 1.807) is 0 Å². The molecule has 0 bridgehead atoms. The highest BCUT2D eigenvalue weighted by atomic mass is 15.2. The fourth-order valence-electron chi connectivity index (χ4n) is 1.42. The van der Waals surface area contributed by atoms with Crippen LogP contribution in [-0.4, -0.2) is 25.5 Å². The van der Waals surface area contributed by atoms with Crippen molar-refractivity contribution in [1.82, 2.24) is 0 Å². The van der Waals surface area contributed by atoms with E-state index in [0.717, 1.165) is 6.54 Å². The van der Waals surface area contributed by atoms with E-state index in [1.807, 2.05) is 24.5 Å². The lowest BCUT2D eigenvalue weighted by atomic mass is 10.2. The zero-order chi connectivity index (χ0) is 9.10. The summed E-state index contributed by atoms with van der Waals surface area (Å²) in [6, 6.07) is 10.5. The highest BCUT2D eigenvalue weighted by molar-refractivity contribution is 5.81. The summed E-state index contributed by atoms with van der Waals surface area (Å²) in [6.45, 7) is 1.53. The molecule has 0 saturated heterocycles. The summed E-state index contributed by atoms with van der Waals surface area (Å²) in [4.78, 5) is 6.41. The molecule has 2 N–H and O–H groups in total. The number of benzene rings is 1. The molecule has 1 unspecified atom stereocenters. The van der Waals surface area contributed by atoms with Crippen LogP contribution in [0.2, 0.25) is 0 Å². The molecule has 3 nitrogen and oxygen atoms in total. The van der Waals surface area contributed by atoms with Crippen molar-refractivity contribution >= 4 is 12.0 Å². The third-order valence-electron chi connectivity index (χ3n) is 2.18. The second kappa shape index (κ2) is 3.58. The number of para-hydroxylation sites is 1. The van der Waals surface area contributed by atoms with Gasteiger partial charge in [0.05, 0.1) is 12.4 Å². The topological polar surface area (TPSA) is 41.6 Å². The molecule has 0 radical (unpaired) electrons. The van der Waals surface area contributed by atoms with Crippen LogP contribution in [0.3, 0.4) is 0 Å². The number of rotatable bonds is 2. The summed E-state index contributed by atoms with van der Waals surface area (Å²) in [5.74, 6) is 0. The number of aliphatic imine (C=N–C) groups is 1. The van der Waals surface area contributed by atoms with E-state index in [-0.39, 0.29) is 6.04 Å². The van der Waals surface area contributed by atoms with Crippen molar-refractivity contribution in [2.45, 2.75) is 6.04 Å². The molecule has 13 heavy (non-hydrogen) atoms. The minimum absolute atomic E-state index is 0.264. The van der Waals surface area contributed by atoms with Crippen molar-refractivity contribution < 1.29 is 0 Å². The van der Waals surface area contributed by atoms with Gasteiger partial charge in [-0.15, -0.1) is 0 Å². The predicted molar refractivity (Wildman–Crippen MR) is 55.1 cm³/mol. The van der Waals surface area contributed by atoms with Crippen LogP contribution >= 0.6 is 0 Å². The molecule has 0 aromatic heterocycles. The minimum atomic E-state index is 0.264. The molecule has 1 atom stereocenters. The summed E-state index contributed by atoms with van der Waals surface area (Å²) in [5.41, 5.74) is 6.72. The SMILES string of the molecule is NCC1CN(c2ccccc2)C=N1.